The van der Waals surface area contributed by atoms with Crippen LogP contribution in [-0.2, 0) is 6.42 Å². The molecule has 1 aliphatic rings. The first-order chi connectivity index (χ1) is 5.36. The van der Waals surface area contributed by atoms with Crippen molar-refractivity contribution >= 4 is 10.2 Å². The van der Waals surface area contributed by atoms with Crippen LogP contribution < -0.4 is 4.74 Å². The van der Waals surface area contributed by atoms with Gasteiger partial charge < -0.3 is 4.74 Å². The molecule has 0 aromatic heterocycles. The van der Waals surface area contributed by atoms with Crippen molar-refractivity contribution in [1.29, 1.82) is 0 Å². The van der Waals surface area contributed by atoms with Crippen LogP contribution in [0.3, 0.4) is 0 Å². The summed E-state index contributed by atoms with van der Waals surface area (Å²) in [6.07, 6.45) is 2.18. The van der Waals surface area contributed by atoms with Crippen molar-refractivity contribution in [2.75, 3.05) is 0 Å². The summed E-state index contributed by atoms with van der Waals surface area (Å²) >= 11 is 0. The van der Waals surface area contributed by atoms with Gasteiger partial charge in [-0.15, -0.1) is 0 Å². The Balaban J connectivity index is 2.34. The fourth-order valence-corrected chi connectivity index (χ4v) is 1.60. The zero-order valence-electron chi connectivity index (χ0n) is 6.21. The standard InChI is InChI=1S/C9H9OSi/c11-9-6-5-7-3-1-2-4-8(7)10-9/h1-4,9H,5-6H2. The number of rotatable bonds is 0. The Morgan fingerprint density at radius 2 is 2.18 bits per heavy atom. The third-order valence-electron chi connectivity index (χ3n) is 1.92. The van der Waals surface area contributed by atoms with Crippen LogP contribution in [-0.4, -0.2) is 16.0 Å². The predicted octanol–water partition coefficient (Wildman–Crippen LogP) is 1.51. The fourth-order valence-electron chi connectivity index (χ4n) is 1.32. The molecule has 0 amide bonds. The van der Waals surface area contributed by atoms with Gasteiger partial charge in [-0.3, -0.25) is 0 Å². The highest BCUT2D eigenvalue weighted by Crippen LogP contribution is 2.25. The second kappa shape index (κ2) is 2.70. The van der Waals surface area contributed by atoms with Gasteiger partial charge in [0, 0.05) is 0 Å². The van der Waals surface area contributed by atoms with Crippen molar-refractivity contribution in [1.82, 2.24) is 0 Å². The highest BCUT2D eigenvalue weighted by Gasteiger charge is 2.14. The molecule has 0 bridgehead atoms. The van der Waals surface area contributed by atoms with Crippen molar-refractivity contribution in [3.63, 3.8) is 0 Å². The molecule has 1 aromatic carbocycles. The van der Waals surface area contributed by atoms with Gasteiger partial charge in [-0.25, -0.2) is 0 Å². The summed E-state index contributed by atoms with van der Waals surface area (Å²) in [5, 5.41) is 0. The molecule has 1 unspecified atom stereocenters. The zero-order chi connectivity index (χ0) is 7.68. The van der Waals surface area contributed by atoms with Crippen LogP contribution in [0, 0.1) is 0 Å². The lowest BCUT2D eigenvalue weighted by molar-refractivity contribution is 0.249. The molecule has 55 valence electrons. The molecule has 1 nitrogen and oxygen atoms in total. The molecule has 0 spiro atoms. The molecule has 2 heteroatoms. The molecule has 1 aromatic rings. The normalized spacial score (nSPS) is 22.1. The lowest BCUT2D eigenvalue weighted by atomic mass is 10.1. The van der Waals surface area contributed by atoms with Gasteiger partial charge in [0.1, 0.15) is 5.75 Å². The van der Waals surface area contributed by atoms with Crippen molar-refractivity contribution < 1.29 is 4.74 Å². The average Bonchev–Trinajstić information content (AvgIpc) is 2.04. The summed E-state index contributed by atoms with van der Waals surface area (Å²) in [5.74, 6) is 1.03. The van der Waals surface area contributed by atoms with Crippen LogP contribution in [0.4, 0.5) is 0 Å². The molecule has 1 heterocycles. The highest BCUT2D eigenvalue weighted by molar-refractivity contribution is 6.11. The first-order valence-electron chi connectivity index (χ1n) is 3.82. The van der Waals surface area contributed by atoms with E-state index >= 15 is 0 Å². The van der Waals surface area contributed by atoms with Gasteiger partial charge in [-0.05, 0) is 24.5 Å². The van der Waals surface area contributed by atoms with Crippen LogP contribution in [0.2, 0.25) is 0 Å². The Labute approximate surface area is 69.8 Å². The molecule has 0 saturated carbocycles. The Kier molecular flexibility index (Phi) is 1.70. The Hall–Kier alpha value is -0.763. The monoisotopic (exact) mass is 161 g/mol. The highest BCUT2D eigenvalue weighted by atomic mass is 28.1. The molecule has 0 N–H and O–H groups in total. The molecule has 2 rings (SSSR count). The number of hydrogen-bond donors (Lipinski definition) is 0. The van der Waals surface area contributed by atoms with Crippen molar-refractivity contribution in [2.45, 2.75) is 18.6 Å². The molecular formula is C9H9OSi. The van der Waals surface area contributed by atoms with Gasteiger partial charge in [-0.1, -0.05) is 18.2 Å². The predicted molar refractivity (Wildman–Crippen MR) is 44.9 cm³/mol. The maximum absolute atomic E-state index is 5.55. The Morgan fingerprint density at radius 3 is 3.09 bits per heavy atom. The smallest absolute Gasteiger partial charge is 0.122 e. The summed E-state index contributed by atoms with van der Waals surface area (Å²) in [6.45, 7) is 0. The first kappa shape index (κ1) is 6.92. The summed E-state index contributed by atoms with van der Waals surface area (Å²) in [7, 11) is 3.48. The van der Waals surface area contributed by atoms with Crippen LogP contribution in [0.5, 0.6) is 5.75 Å². The topological polar surface area (TPSA) is 9.23 Å². The zero-order valence-corrected chi connectivity index (χ0v) is 7.21. The fraction of sp³-hybridized carbons (Fsp3) is 0.333. The third-order valence-corrected chi connectivity index (χ3v) is 2.32. The molecular weight excluding hydrogens is 152 g/mol. The van der Waals surface area contributed by atoms with E-state index in [1.807, 2.05) is 12.1 Å². The minimum Gasteiger partial charge on any atom is -0.495 e. The molecule has 1 atom stereocenters. The van der Waals surface area contributed by atoms with Crippen molar-refractivity contribution in [3.05, 3.63) is 29.8 Å². The van der Waals surface area contributed by atoms with E-state index in [9.17, 15) is 0 Å². The van der Waals surface area contributed by atoms with Crippen molar-refractivity contribution in [2.24, 2.45) is 0 Å². The Bertz CT molecular complexity index is 259. The van der Waals surface area contributed by atoms with E-state index in [4.69, 9.17) is 4.74 Å². The lowest BCUT2D eigenvalue weighted by Crippen LogP contribution is -2.22. The number of benzene rings is 1. The minimum absolute atomic E-state index is 0.199. The summed E-state index contributed by atoms with van der Waals surface area (Å²) < 4.78 is 5.55. The number of hydrogen-bond acceptors (Lipinski definition) is 1. The van der Waals surface area contributed by atoms with Crippen LogP contribution in [0.15, 0.2) is 24.3 Å². The first-order valence-corrected chi connectivity index (χ1v) is 4.40. The van der Waals surface area contributed by atoms with Gasteiger partial charge in [0.15, 0.2) is 0 Å². The largest absolute Gasteiger partial charge is 0.495 e. The molecule has 3 radical (unpaired) electrons. The summed E-state index contributed by atoms with van der Waals surface area (Å²) in [4.78, 5) is 0. The van der Waals surface area contributed by atoms with E-state index in [1.165, 1.54) is 5.56 Å². The van der Waals surface area contributed by atoms with Gasteiger partial charge in [0.25, 0.3) is 0 Å². The van der Waals surface area contributed by atoms with Gasteiger partial charge in [-0.2, -0.15) is 0 Å². The van der Waals surface area contributed by atoms with Crippen LogP contribution in [0.1, 0.15) is 12.0 Å². The second-order valence-corrected chi connectivity index (χ2v) is 3.40. The molecule has 0 aliphatic carbocycles. The molecule has 0 saturated heterocycles. The Morgan fingerprint density at radius 1 is 1.36 bits per heavy atom. The van der Waals surface area contributed by atoms with E-state index in [-0.39, 0.29) is 5.73 Å². The minimum atomic E-state index is 0.199. The molecule has 1 aliphatic heterocycles. The third kappa shape index (κ3) is 1.31. The second-order valence-electron chi connectivity index (χ2n) is 2.75. The van der Waals surface area contributed by atoms with Crippen LogP contribution >= 0.6 is 0 Å². The van der Waals surface area contributed by atoms with Gasteiger partial charge in [0.2, 0.25) is 0 Å². The van der Waals surface area contributed by atoms with Gasteiger partial charge >= 0.3 is 0 Å². The number of ether oxygens (including phenoxy) is 1. The SMILES string of the molecule is [Si]C1CCc2ccccc2O1. The number of aryl methyl sites for hydroxylation is 1. The quantitative estimate of drug-likeness (QED) is 0.524. The number of para-hydroxylation sites is 1. The van der Waals surface area contributed by atoms with E-state index < -0.39 is 0 Å². The van der Waals surface area contributed by atoms with E-state index in [0.717, 1.165) is 18.6 Å². The maximum Gasteiger partial charge on any atom is 0.122 e. The summed E-state index contributed by atoms with van der Waals surface area (Å²) in [5.41, 5.74) is 1.52. The van der Waals surface area contributed by atoms with E-state index in [1.54, 1.807) is 0 Å². The van der Waals surface area contributed by atoms with E-state index in [0.29, 0.717) is 0 Å². The maximum atomic E-state index is 5.55. The van der Waals surface area contributed by atoms with Crippen molar-refractivity contribution in [3.8, 4) is 5.75 Å². The number of fused-ring (bicyclic) bond motifs is 1. The molecule has 11 heavy (non-hydrogen) atoms. The summed E-state index contributed by atoms with van der Waals surface area (Å²) in [6, 6.07) is 8.19. The van der Waals surface area contributed by atoms with Gasteiger partial charge in [0.05, 0.1) is 16.0 Å². The van der Waals surface area contributed by atoms with Crippen LogP contribution in [0.25, 0.3) is 0 Å². The molecule has 0 fully saturated rings. The lowest BCUT2D eigenvalue weighted by Gasteiger charge is -2.22. The van der Waals surface area contributed by atoms with E-state index in [2.05, 4.69) is 22.4 Å². The average molecular weight is 161 g/mol.